The third-order valence-corrected chi connectivity index (χ3v) is 3.43. The number of benzene rings is 1. The SMILES string of the molecule is Fc1cc(Br)cnc1NCc1ccccc1-n1cccn1. The highest BCUT2D eigenvalue weighted by atomic mass is 79.9. The molecule has 0 radical (unpaired) electrons. The fraction of sp³-hybridized carbons (Fsp3) is 0.0667. The van der Waals surface area contributed by atoms with Gasteiger partial charge in [-0.25, -0.2) is 14.1 Å². The molecule has 2 heterocycles. The summed E-state index contributed by atoms with van der Waals surface area (Å²) in [5.41, 5.74) is 1.96. The minimum Gasteiger partial charge on any atom is -0.363 e. The number of halogens is 2. The van der Waals surface area contributed by atoms with Gasteiger partial charge < -0.3 is 5.32 Å². The maximum absolute atomic E-state index is 13.8. The third kappa shape index (κ3) is 3.11. The average molecular weight is 347 g/mol. The van der Waals surface area contributed by atoms with Crippen LogP contribution in [-0.4, -0.2) is 14.8 Å². The Hall–Kier alpha value is -2.21. The van der Waals surface area contributed by atoms with Crippen LogP contribution in [0.15, 0.2) is 59.5 Å². The van der Waals surface area contributed by atoms with Crippen molar-refractivity contribution in [1.29, 1.82) is 0 Å². The molecule has 4 nitrogen and oxygen atoms in total. The van der Waals surface area contributed by atoms with Gasteiger partial charge in [-0.2, -0.15) is 5.10 Å². The lowest BCUT2D eigenvalue weighted by Gasteiger charge is -2.11. The van der Waals surface area contributed by atoms with Gasteiger partial charge in [0.2, 0.25) is 0 Å². The second-order valence-electron chi connectivity index (χ2n) is 4.42. The molecule has 2 aromatic heterocycles. The van der Waals surface area contributed by atoms with E-state index in [9.17, 15) is 4.39 Å². The van der Waals surface area contributed by atoms with Crippen molar-refractivity contribution in [1.82, 2.24) is 14.8 Å². The van der Waals surface area contributed by atoms with Crippen LogP contribution >= 0.6 is 15.9 Å². The highest BCUT2D eigenvalue weighted by Crippen LogP contribution is 2.19. The van der Waals surface area contributed by atoms with Gasteiger partial charge in [0, 0.05) is 29.6 Å². The lowest BCUT2D eigenvalue weighted by Crippen LogP contribution is -2.07. The standard InChI is InChI=1S/C15H12BrFN4/c16-12-8-13(17)15(19-10-12)18-9-11-4-1-2-5-14(11)21-7-3-6-20-21/h1-8,10H,9H2,(H,18,19). The molecule has 0 aliphatic heterocycles. The zero-order valence-corrected chi connectivity index (χ0v) is 12.6. The van der Waals surface area contributed by atoms with Crippen molar-refractivity contribution in [3.8, 4) is 5.69 Å². The van der Waals surface area contributed by atoms with Gasteiger partial charge in [-0.1, -0.05) is 18.2 Å². The number of para-hydroxylation sites is 1. The van der Waals surface area contributed by atoms with Gasteiger partial charge in [-0.05, 0) is 39.7 Å². The number of rotatable bonds is 4. The Morgan fingerprint density at radius 2 is 2.10 bits per heavy atom. The van der Waals surface area contributed by atoms with Crippen LogP contribution < -0.4 is 5.32 Å². The van der Waals surface area contributed by atoms with Gasteiger partial charge in [-0.3, -0.25) is 0 Å². The number of anilines is 1. The van der Waals surface area contributed by atoms with Gasteiger partial charge in [-0.15, -0.1) is 0 Å². The van der Waals surface area contributed by atoms with E-state index in [0.717, 1.165) is 11.3 Å². The maximum Gasteiger partial charge on any atom is 0.166 e. The van der Waals surface area contributed by atoms with Crippen LogP contribution in [0.1, 0.15) is 5.56 Å². The molecule has 1 aromatic carbocycles. The summed E-state index contributed by atoms with van der Waals surface area (Å²) in [6, 6.07) is 11.1. The van der Waals surface area contributed by atoms with E-state index < -0.39 is 0 Å². The molecular formula is C15H12BrFN4. The molecular weight excluding hydrogens is 335 g/mol. The fourth-order valence-electron chi connectivity index (χ4n) is 2.02. The van der Waals surface area contributed by atoms with Crippen LogP contribution in [0.25, 0.3) is 5.69 Å². The minimum absolute atomic E-state index is 0.230. The van der Waals surface area contributed by atoms with Gasteiger partial charge in [0.15, 0.2) is 11.6 Å². The Bertz CT molecular complexity index is 743. The molecule has 0 fully saturated rings. The molecule has 21 heavy (non-hydrogen) atoms. The molecule has 106 valence electrons. The van der Waals surface area contributed by atoms with E-state index in [4.69, 9.17) is 0 Å². The number of aromatic nitrogens is 3. The smallest absolute Gasteiger partial charge is 0.166 e. The summed E-state index contributed by atoms with van der Waals surface area (Å²) in [6.07, 6.45) is 5.16. The molecule has 1 N–H and O–H groups in total. The third-order valence-electron chi connectivity index (χ3n) is 3.00. The molecule has 0 spiro atoms. The molecule has 0 saturated carbocycles. The van der Waals surface area contributed by atoms with Gasteiger partial charge in [0.05, 0.1) is 5.69 Å². The largest absolute Gasteiger partial charge is 0.363 e. The van der Waals surface area contributed by atoms with Gasteiger partial charge >= 0.3 is 0 Å². The average Bonchev–Trinajstić information content (AvgIpc) is 3.01. The number of nitrogens with zero attached hydrogens (tertiary/aromatic N) is 3. The van der Waals surface area contributed by atoms with Crippen LogP contribution in [0.5, 0.6) is 0 Å². The van der Waals surface area contributed by atoms with Crippen molar-refractivity contribution in [3.63, 3.8) is 0 Å². The fourth-order valence-corrected chi connectivity index (χ4v) is 2.32. The summed E-state index contributed by atoms with van der Waals surface area (Å²) in [5.74, 6) is -0.158. The Morgan fingerprint density at radius 3 is 2.86 bits per heavy atom. The summed E-state index contributed by atoms with van der Waals surface area (Å²) >= 11 is 3.19. The Labute approximate surface area is 129 Å². The second-order valence-corrected chi connectivity index (χ2v) is 5.33. The first kappa shape index (κ1) is 13.8. The first-order valence-corrected chi connectivity index (χ1v) is 7.16. The van der Waals surface area contributed by atoms with Crippen molar-refractivity contribution in [2.75, 3.05) is 5.32 Å². The topological polar surface area (TPSA) is 42.7 Å². The van der Waals surface area contributed by atoms with Gasteiger partial charge in [0.25, 0.3) is 0 Å². The van der Waals surface area contributed by atoms with Crippen LogP contribution in [-0.2, 0) is 6.54 Å². The highest BCUT2D eigenvalue weighted by molar-refractivity contribution is 9.10. The lowest BCUT2D eigenvalue weighted by molar-refractivity contribution is 0.623. The molecule has 0 amide bonds. The summed E-state index contributed by atoms with van der Waals surface area (Å²) in [7, 11) is 0. The van der Waals surface area contributed by atoms with Crippen LogP contribution in [0.2, 0.25) is 0 Å². The Kier molecular flexibility index (Phi) is 3.96. The Morgan fingerprint density at radius 1 is 1.24 bits per heavy atom. The molecule has 3 rings (SSSR count). The van der Waals surface area contributed by atoms with E-state index in [1.807, 2.05) is 36.5 Å². The molecule has 3 aromatic rings. The van der Waals surface area contributed by atoms with E-state index in [0.29, 0.717) is 11.0 Å². The monoisotopic (exact) mass is 346 g/mol. The zero-order chi connectivity index (χ0) is 14.7. The zero-order valence-electron chi connectivity index (χ0n) is 11.0. The first-order chi connectivity index (χ1) is 10.2. The molecule has 0 bridgehead atoms. The number of nitrogens with one attached hydrogen (secondary N) is 1. The molecule has 0 unspecified atom stereocenters. The van der Waals surface area contributed by atoms with Crippen LogP contribution in [0.4, 0.5) is 10.2 Å². The van der Waals surface area contributed by atoms with Crippen molar-refractivity contribution < 1.29 is 4.39 Å². The van der Waals surface area contributed by atoms with E-state index in [1.54, 1.807) is 17.1 Å². The van der Waals surface area contributed by atoms with E-state index in [1.165, 1.54) is 6.07 Å². The predicted molar refractivity (Wildman–Crippen MR) is 82.8 cm³/mol. The quantitative estimate of drug-likeness (QED) is 0.781. The summed E-state index contributed by atoms with van der Waals surface area (Å²) in [5, 5.41) is 7.24. The number of pyridine rings is 1. The van der Waals surface area contributed by atoms with E-state index in [2.05, 4.69) is 31.3 Å². The molecule has 0 atom stereocenters. The predicted octanol–water partition coefficient (Wildman–Crippen LogP) is 3.78. The van der Waals surface area contributed by atoms with Crippen molar-refractivity contribution in [2.45, 2.75) is 6.54 Å². The van der Waals surface area contributed by atoms with E-state index in [-0.39, 0.29) is 11.6 Å². The maximum atomic E-state index is 13.8. The summed E-state index contributed by atoms with van der Waals surface area (Å²) in [4.78, 5) is 4.03. The highest BCUT2D eigenvalue weighted by Gasteiger charge is 2.07. The molecule has 0 saturated heterocycles. The number of hydrogen-bond donors (Lipinski definition) is 1. The van der Waals surface area contributed by atoms with Crippen molar-refractivity contribution >= 4 is 21.7 Å². The molecule has 0 aliphatic rings. The molecule has 6 heteroatoms. The second kappa shape index (κ2) is 6.05. The molecule has 0 aliphatic carbocycles. The Balaban J connectivity index is 1.83. The van der Waals surface area contributed by atoms with Crippen LogP contribution in [0, 0.1) is 5.82 Å². The first-order valence-electron chi connectivity index (χ1n) is 6.37. The van der Waals surface area contributed by atoms with Crippen LogP contribution in [0.3, 0.4) is 0 Å². The summed E-state index contributed by atoms with van der Waals surface area (Å²) < 4.78 is 16.1. The van der Waals surface area contributed by atoms with Crippen molar-refractivity contribution in [3.05, 3.63) is 70.8 Å². The lowest BCUT2D eigenvalue weighted by atomic mass is 10.2. The van der Waals surface area contributed by atoms with Crippen molar-refractivity contribution in [2.24, 2.45) is 0 Å². The minimum atomic E-state index is -0.388. The van der Waals surface area contributed by atoms with Gasteiger partial charge in [0.1, 0.15) is 0 Å². The normalized spacial score (nSPS) is 10.6. The van der Waals surface area contributed by atoms with E-state index >= 15 is 0 Å². The number of hydrogen-bond acceptors (Lipinski definition) is 3. The summed E-state index contributed by atoms with van der Waals surface area (Å²) in [6.45, 7) is 0.460.